The molecule has 0 radical (unpaired) electrons. The summed E-state index contributed by atoms with van der Waals surface area (Å²) in [5.74, 6) is -0.745. The zero-order valence-corrected chi connectivity index (χ0v) is 24.3. The van der Waals surface area contributed by atoms with Crippen molar-refractivity contribution in [1.29, 1.82) is 0 Å². The Morgan fingerprint density at radius 2 is 1.81 bits per heavy atom. The van der Waals surface area contributed by atoms with E-state index < -0.39 is 17.9 Å². The second kappa shape index (κ2) is 13.5. The number of rotatable bonds is 5. The third kappa shape index (κ3) is 7.45. The molecule has 0 spiro atoms. The van der Waals surface area contributed by atoms with Crippen LogP contribution in [-0.4, -0.2) is 57.2 Å². The molecular weight excluding hydrogens is 554 g/mol. The molecule has 11 nitrogen and oxygen atoms in total. The number of nitrogens with one attached hydrogen (secondary N) is 3. The fourth-order valence-corrected chi connectivity index (χ4v) is 5.71. The van der Waals surface area contributed by atoms with Gasteiger partial charge in [0.15, 0.2) is 5.69 Å². The van der Waals surface area contributed by atoms with Crippen molar-refractivity contribution < 1.29 is 18.8 Å². The summed E-state index contributed by atoms with van der Waals surface area (Å²) in [4.78, 5) is 54.7. The zero-order chi connectivity index (χ0) is 29.5. The van der Waals surface area contributed by atoms with E-state index in [1.165, 1.54) is 17.6 Å². The molecular formula is C30H33N7O4S. The highest BCUT2D eigenvalue weighted by Crippen LogP contribution is 2.26. The number of benzene rings is 1. The molecule has 0 unspecified atom stereocenters. The lowest BCUT2D eigenvalue weighted by molar-refractivity contribution is -0.123. The summed E-state index contributed by atoms with van der Waals surface area (Å²) >= 11 is 1.33. The van der Waals surface area contributed by atoms with E-state index in [1.807, 2.05) is 61.2 Å². The molecule has 4 heterocycles. The monoisotopic (exact) mass is 587 g/mol. The largest absolute Gasteiger partial charge is 0.446 e. The van der Waals surface area contributed by atoms with Crippen LogP contribution in [0, 0.1) is 5.92 Å². The normalized spacial score (nSPS) is 19.0. The molecule has 12 heteroatoms. The Balaban J connectivity index is 1.45. The minimum Gasteiger partial charge on any atom is -0.446 e. The first-order valence-electron chi connectivity index (χ1n) is 13.8. The molecule has 1 aliphatic rings. The van der Waals surface area contributed by atoms with E-state index in [2.05, 4.69) is 30.9 Å². The van der Waals surface area contributed by atoms with E-state index >= 15 is 0 Å². The number of amides is 3. The molecule has 3 amide bonds. The van der Waals surface area contributed by atoms with Gasteiger partial charge >= 0.3 is 0 Å². The van der Waals surface area contributed by atoms with E-state index in [-0.39, 0.29) is 48.2 Å². The van der Waals surface area contributed by atoms with Crippen LogP contribution in [0.1, 0.15) is 68.9 Å². The van der Waals surface area contributed by atoms with Crippen molar-refractivity contribution in [2.24, 2.45) is 5.92 Å². The van der Waals surface area contributed by atoms with Gasteiger partial charge in [0.25, 0.3) is 11.8 Å². The van der Waals surface area contributed by atoms with Crippen molar-refractivity contribution in [1.82, 2.24) is 35.8 Å². The Morgan fingerprint density at radius 3 is 2.57 bits per heavy atom. The molecule has 218 valence electrons. The van der Waals surface area contributed by atoms with Gasteiger partial charge in [-0.2, -0.15) is 0 Å². The Labute approximate surface area is 247 Å². The summed E-state index contributed by atoms with van der Waals surface area (Å²) in [5, 5.41) is 11.3. The van der Waals surface area contributed by atoms with Gasteiger partial charge in [-0.15, -0.1) is 11.3 Å². The van der Waals surface area contributed by atoms with Crippen LogP contribution in [0.25, 0.3) is 0 Å². The molecule has 0 saturated carbocycles. The molecule has 42 heavy (non-hydrogen) atoms. The molecule has 0 saturated heterocycles. The van der Waals surface area contributed by atoms with Gasteiger partial charge in [-0.3, -0.25) is 24.3 Å². The van der Waals surface area contributed by atoms with E-state index in [1.54, 1.807) is 17.8 Å². The van der Waals surface area contributed by atoms with E-state index in [9.17, 15) is 14.4 Å². The highest BCUT2D eigenvalue weighted by molar-refractivity contribution is 7.09. The Bertz CT molecular complexity index is 1510. The van der Waals surface area contributed by atoms with Crippen molar-refractivity contribution in [3.05, 3.63) is 99.9 Å². The minimum atomic E-state index is -0.638. The summed E-state index contributed by atoms with van der Waals surface area (Å²) in [7, 11) is 0. The average Bonchev–Trinajstić information content (AvgIpc) is 3.67. The zero-order valence-electron chi connectivity index (χ0n) is 23.4. The molecule has 2 atom stereocenters. The summed E-state index contributed by atoms with van der Waals surface area (Å²) in [6.07, 6.45) is 5.14. The SMILES string of the molecule is CC(C)[C@@H]1NC(=O)CN(Cc2cccnc2)CCNC(=O)c2coc(n2)[C@H](Cc2ccccc2)NC(=O)c2csc1n2. The van der Waals surface area contributed by atoms with Gasteiger partial charge in [0.05, 0.1) is 12.6 Å². The number of carbonyl (C=O) groups is 3. The third-order valence-corrected chi connectivity index (χ3v) is 7.78. The molecule has 3 aromatic heterocycles. The number of nitrogens with zero attached hydrogens (tertiary/aromatic N) is 4. The molecule has 1 aliphatic heterocycles. The van der Waals surface area contributed by atoms with Crippen LogP contribution in [0.15, 0.2) is 70.9 Å². The van der Waals surface area contributed by atoms with Crippen molar-refractivity contribution in [2.75, 3.05) is 19.6 Å². The number of hydrogen-bond acceptors (Lipinski definition) is 9. The number of hydrogen-bond donors (Lipinski definition) is 3. The molecule has 3 N–H and O–H groups in total. The highest BCUT2D eigenvalue weighted by atomic mass is 32.1. The van der Waals surface area contributed by atoms with Crippen LogP contribution in [0.5, 0.6) is 0 Å². The molecule has 0 fully saturated rings. The summed E-state index contributed by atoms with van der Waals surface area (Å²) in [5.41, 5.74) is 2.24. The fourth-order valence-electron chi connectivity index (χ4n) is 4.69. The standard InChI is InChI=1S/C30H33N7O4S/c1-19(2)26-30-35-24(18-42-30)28(40)33-22(13-20-7-4-3-5-8-20)29-34-23(17-41-29)27(39)32-11-12-37(16-25(38)36-26)15-21-9-6-10-31-14-21/h3-10,14,17-19,22,26H,11-13,15-16H2,1-2H3,(H,32,39)(H,33,40)(H,36,38)/t22-,26-/m0/s1. The Morgan fingerprint density at radius 1 is 1.00 bits per heavy atom. The number of pyridine rings is 1. The highest BCUT2D eigenvalue weighted by Gasteiger charge is 2.27. The first-order chi connectivity index (χ1) is 20.4. The van der Waals surface area contributed by atoms with Gasteiger partial charge < -0.3 is 20.4 Å². The predicted octanol–water partition coefficient (Wildman–Crippen LogP) is 3.30. The van der Waals surface area contributed by atoms with Crippen LogP contribution in [0.4, 0.5) is 0 Å². The second-order valence-electron chi connectivity index (χ2n) is 10.5. The first kappa shape index (κ1) is 29.1. The minimum absolute atomic E-state index is 0.0317. The maximum atomic E-state index is 13.4. The van der Waals surface area contributed by atoms with Gasteiger partial charge in [0, 0.05) is 43.8 Å². The van der Waals surface area contributed by atoms with Crippen LogP contribution in [0.3, 0.4) is 0 Å². The number of fused-ring (bicyclic) bond motifs is 4. The molecule has 0 aliphatic carbocycles. The summed E-state index contributed by atoms with van der Waals surface area (Å²) in [6.45, 7) is 5.26. The lowest BCUT2D eigenvalue weighted by atomic mass is 10.0. The van der Waals surface area contributed by atoms with Crippen LogP contribution >= 0.6 is 11.3 Å². The molecule has 1 aromatic carbocycles. The average molecular weight is 588 g/mol. The number of aromatic nitrogens is 3. The lowest BCUT2D eigenvalue weighted by Crippen LogP contribution is -2.42. The molecule has 4 aromatic rings. The van der Waals surface area contributed by atoms with Crippen LogP contribution in [0.2, 0.25) is 0 Å². The van der Waals surface area contributed by atoms with E-state index in [0.29, 0.717) is 24.5 Å². The van der Waals surface area contributed by atoms with Crippen LogP contribution in [-0.2, 0) is 17.8 Å². The predicted molar refractivity (Wildman–Crippen MR) is 157 cm³/mol. The first-order valence-corrected chi connectivity index (χ1v) is 14.7. The number of oxazole rings is 1. The molecule has 4 bridgehead atoms. The van der Waals surface area contributed by atoms with Crippen molar-refractivity contribution in [3.8, 4) is 0 Å². The van der Waals surface area contributed by atoms with Crippen molar-refractivity contribution in [2.45, 2.75) is 38.9 Å². The molecule has 5 rings (SSSR count). The van der Waals surface area contributed by atoms with Crippen molar-refractivity contribution in [3.63, 3.8) is 0 Å². The van der Waals surface area contributed by atoms with Gasteiger partial charge in [0.2, 0.25) is 11.8 Å². The van der Waals surface area contributed by atoms with Crippen LogP contribution < -0.4 is 16.0 Å². The third-order valence-electron chi connectivity index (χ3n) is 6.85. The van der Waals surface area contributed by atoms with Gasteiger partial charge in [0.1, 0.15) is 23.0 Å². The Kier molecular flexibility index (Phi) is 9.35. The number of thiazole rings is 1. The topological polar surface area (TPSA) is 142 Å². The quantitative estimate of drug-likeness (QED) is 0.323. The van der Waals surface area contributed by atoms with E-state index in [4.69, 9.17) is 4.42 Å². The lowest BCUT2D eigenvalue weighted by Gasteiger charge is -2.25. The smallest absolute Gasteiger partial charge is 0.273 e. The maximum Gasteiger partial charge on any atom is 0.273 e. The Hall–Kier alpha value is -4.42. The fraction of sp³-hybridized carbons (Fsp3) is 0.333. The van der Waals surface area contributed by atoms with Crippen molar-refractivity contribution >= 4 is 29.1 Å². The van der Waals surface area contributed by atoms with Gasteiger partial charge in [-0.1, -0.05) is 50.2 Å². The van der Waals surface area contributed by atoms with Gasteiger partial charge in [-0.05, 0) is 23.1 Å². The maximum absolute atomic E-state index is 13.4. The summed E-state index contributed by atoms with van der Waals surface area (Å²) < 4.78 is 5.71. The van der Waals surface area contributed by atoms with Gasteiger partial charge in [-0.25, -0.2) is 9.97 Å². The van der Waals surface area contributed by atoms with E-state index in [0.717, 1.165) is 11.1 Å². The summed E-state index contributed by atoms with van der Waals surface area (Å²) in [6, 6.07) is 12.4. The number of carbonyl (C=O) groups excluding carboxylic acids is 3. The second-order valence-corrected chi connectivity index (χ2v) is 11.4.